The summed E-state index contributed by atoms with van der Waals surface area (Å²) in [7, 11) is 1.61. The summed E-state index contributed by atoms with van der Waals surface area (Å²) in [5.41, 5.74) is 1.34. The molecule has 2 heterocycles. The van der Waals surface area contributed by atoms with Crippen LogP contribution in [0.25, 0.3) is 5.82 Å². The highest BCUT2D eigenvalue weighted by Gasteiger charge is 2.25. The van der Waals surface area contributed by atoms with Gasteiger partial charge in [0.15, 0.2) is 0 Å². The molecule has 9 heteroatoms. The first-order valence-electron chi connectivity index (χ1n) is 6.80. The van der Waals surface area contributed by atoms with Gasteiger partial charge in [-0.1, -0.05) is 0 Å². The molecule has 118 valence electrons. The van der Waals surface area contributed by atoms with Gasteiger partial charge >= 0.3 is 5.69 Å². The zero-order valence-electron chi connectivity index (χ0n) is 12.7. The molecule has 1 N–H and O–H groups in total. The number of hydrogen-bond acceptors (Lipinski definition) is 7. The molecular formula is C13H18N6O3. The van der Waals surface area contributed by atoms with Crippen LogP contribution in [0.5, 0.6) is 0 Å². The van der Waals surface area contributed by atoms with Crippen LogP contribution in [-0.2, 0) is 4.74 Å². The van der Waals surface area contributed by atoms with E-state index < -0.39 is 4.92 Å². The number of aryl methyl sites for hydroxylation is 2. The fourth-order valence-electron chi connectivity index (χ4n) is 2.09. The molecule has 2 aromatic rings. The summed E-state index contributed by atoms with van der Waals surface area (Å²) in [5, 5.41) is 18.6. The Morgan fingerprint density at radius 1 is 1.41 bits per heavy atom. The summed E-state index contributed by atoms with van der Waals surface area (Å²) >= 11 is 0. The molecule has 0 fully saturated rings. The van der Waals surface area contributed by atoms with Crippen LogP contribution in [0, 0.1) is 24.0 Å². The molecule has 9 nitrogen and oxygen atoms in total. The van der Waals surface area contributed by atoms with Gasteiger partial charge in [-0.3, -0.25) is 10.1 Å². The maximum Gasteiger partial charge on any atom is 0.355 e. The van der Waals surface area contributed by atoms with E-state index in [1.807, 2.05) is 19.9 Å². The van der Waals surface area contributed by atoms with Crippen molar-refractivity contribution in [1.82, 2.24) is 19.7 Å². The molecule has 0 amide bonds. The van der Waals surface area contributed by atoms with Gasteiger partial charge in [0.25, 0.3) is 0 Å². The van der Waals surface area contributed by atoms with Crippen LogP contribution >= 0.6 is 0 Å². The van der Waals surface area contributed by atoms with E-state index in [1.54, 1.807) is 7.11 Å². The molecule has 0 aromatic carbocycles. The van der Waals surface area contributed by atoms with Gasteiger partial charge in [0, 0.05) is 26.0 Å². The number of anilines is 1. The third kappa shape index (κ3) is 3.37. The van der Waals surface area contributed by atoms with E-state index in [0.29, 0.717) is 19.6 Å². The minimum absolute atomic E-state index is 0.153. The maximum absolute atomic E-state index is 11.4. The third-order valence-corrected chi connectivity index (χ3v) is 3.01. The maximum atomic E-state index is 11.4. The molecule has 2 rings (SSSR count). The number of methoxy groups -OCH3 is 1. The number of nitrogens with one attached hydrogen (secondary N) is 1. The lowest BCUT2D eigenvalue weighted by Gasteiger charge is -2.09. The number of nitro groups is 1. The Labute approximate surface area is 127 Å². The van der Waals surface area contributed by atoms with Crippen molar-refractivity contribution in [2.45, 2.75) is 20.3 Å². The van der Waals surface area contributed by atoms with E-state index >= 15 is 0 Å². The fraction of sp³-hybridized carbons (Fsp3) is 0.462. The Kier molecular flexibility index (Phi) is 4.99. The lowest BCUT2D eigenvalue weighted by atomic mass is 10.3. The molecule has 0 aliphatic carbocycles. The Hall–Kier alpha value is -2.55. The Balaban J connectivity index is 2.38. The average molecular weight is 306 g/mol. The Bertz CT molecular complexity index is 670. The van der Waals surface area contributed by atoms with E-state index in [4.69, 9.17) is 4.74 Å². The molecular weight excluding hydrogens is 288 g/mol. The molecule has 0 radical (unpaired) electrons. The number of nitrogens with zero attached hydrogens (tertiary/aromatic N) is 5. The van der Waals surface area contributed by atoms with Crippen molar-refractivity contribution < 1.29 is 9.66 Å². The summed E-state index contributed by atoms with van der Waals surface area (Å²) in [5.74, 6) is 0.332. The van der Waals surface area contributed by atoms with Gasteiger partial charge in [-0.05, 0) is 26.3 Å². The SMILES string of the molecule is COCCCNc1ncnc(-n2nc(C)cc2C)c1[N+](=O)[O-]. The van der Waals surface area contributed by atoms with Crippen molar-refractivity contribution in [3.8, 4) is 5.82 Å². The Morgan fingerprint density at radius 3 is 2.77 bits per heavy atom. The summed E-state index contributed by atoms with van der Waals surface area (Å²) < 4.78 is 6.40. The average Bonchev–Trinajstić information content (AvgIpc) is 2.81. The van der Waals surface area contributed by atoms with Crippen molar-refractivity contribution >= 4 is 11.5 Å². The van der Waals surface area contributed by atoms with Crippen LogP contribution < -0.4 is 5.32 Å². The number of ether oxygens (including phenoxy) is 1. The number of hydrogen-bond donors (Lipinski definition) is 1. The van der Waals surface area contributed by atoms with E-state index in [1.165, 1.54) is 11.0 Å². The third-order valence-electron chi connectivity index (χ3n) is 3.01. The molecule has 0 saturated carbocycles. The molecule has 0 saturated heterocycles. The van der Waals surface area contributed by atoms with Crippen LogP contribution in [0.4, 0.5) is 11.5 Å². The van der Waals surface area contributed by atoms with Gasteiger partial charge in [0.2, 0.25) is 11.6 Å². The molecule has 0 aliphatic heterocycles. The summed E-state index contributed by atoms with van der Waals surface area (Å²) in [6, 6.07) is 1.83. The van der Waals surface area contributed by atoms with Crippen LogP contribution in [-0.4, -0.2) is 44.9 Å². The van der Waals surface area contributed by atoms with Gasteiger partial charge in [-0.15, -0.1) is 0 Å². The lowest BCUT2D eigenvalue weighted by Crippen LogP contribution is -2.12. The highest BCUT2D eigenvalue weighted by Crippen LogP contribution is 2.28. The van der Waals surface area contributed by atoms with E-state index in [9.17, 15) is 10.1 Å². The van der Waals surface area contributed by atoms with Crippen molar-refractivity contribution in [3.63, 3.8) is 0 Å². The number of aromatic nitrogens is 4. The van der Waals surface area contributed by atoms with Gasteiger partial charge < -0.3 is 10.1 Å². The largest absolute Gasteiger partial charge is 0.385 e. The Morgan fingerprint density at radius 2 is 2.18 bits per heavy atom. The zero-order chi connectivity index (χ0) is 16.1. The van der Waals surface area contributed by atoms with Crippen molar-refractivity contribution in [3.05, 3.63) is 33.9 Å². The minimum atomic E-state index is -0.496. The van der Waals surface area contributed by atoms with Gasteiger partial charge in [-0.2, -0.15) is 5.10 Å². The fourth-order valence-corrected chi connectivity index (χ4v) is 2.09. The molecule has 0 unspecified atom stereocenters. The first-order chi connectivity index (χ1) is 10.5. The predicted octanol–water partition coefficient (Wildman–Crippen LogP) is 1.64. The smallest absolute Gasteiger partial charge is 0.355 e. The highest BCUT2D eigenvalue weighted by atomic mass is 16.6. The molecule has 0 spiro atoms. The molecule has 0 aliphatic rings. The van der Waals surface area contributed by atoms with Crippen molar-refractivity contribution in [2.75, 3.05) is 25.6 Å². The van der Waals surface area contributed by atoms with Gasteiger partial charge in [-0.25, -0.2) is 14.6 Å². The highest BCUT2D eigenvalue weighted by molar-refractivity contribution is 5.64. The first-order valence-corrected chi connectivity index (χ1v) is 6.80. The predicted molar refractivity (Wildman–Crippen MR) is 80.3 cm³/mol. The standard InChI is InChI=1S/C13H18N6O3/c1-9-7-10(2)18(17-9)13-11(19(20)21)12(15-8-16-13)14-5-4-6-22-3/h7-8H,4-6H2,1-3H3,(H,14,15,16). The normalized spacial score (nSPS) is 10.7. The molecule has 0 bridgehead atoms. The van der Waals surface area contributed by atoms with Crippen LogP contribution in [0.1, 0.15) is 17.8 Å². The van der Waals surface area contributed by atoms with Crippen LogP contribution in [0.3, 0.4) is 0 Å². The summed E-state index contributed by atoms with van der Waals surface area (Å²) in [6.07, 6.45) is 2.00. The second kappa shape index (κ2) is 6.94. The van der Waals surface area contributed by atoms with Crippen molar-refractivity contribution in [1.29, 1.82) is 0 Å². The zero-order valence-corrected chi connectivity index (χ0v) is 12.7. The van der Waals surface area contributed by atoms with E-state index in [2.05, 4.69) is 20.4 Å². The topological polar surface area (TPSA) is 108 Å². The van der Waals surface area contributed by atoms with Crippen LogP contribution in [0.2, 0.25) is 0 Å². The van der Waals surface area contributed by atoms with E-state index in [-0.39, 0.29) is 17.3 Å². The lowest BCUT2D eigenvalue weighted by molar-refractivity contribution is -0.384. The van der Waals surface area contributed by atoms with Crippen LogP contribution in [0.15, 0.2) is 12.4 Å². The summed E-state index contributed by atoms with van der Waals surface area (Å²) in [4.78, 5) is 19.0. The quantitative estimate of drug-likeness (QED) is 0.470. The second-order valence-corrected chi connectivity index (χ2v) is 4.76. The molecule has 22 heavy (non-hydrogen) atoms. The first kappa shape index (κ1) is 15.8. The van der Waals surface area contributed by atoms with Gasteiger partial charge in [0.05, 0.1) is 10.6 Å². The summed E-state index contributed by atoms with van der Waals surface area (Å²) in [6.45, 7) is 4.72. The molecule has 2 aromatic heterocycles. The van der Waals surface area contributed by atoms with Crippen molar-refractivity contribution in [2.24, 2.45) is 0 Å². The minimum Gasteiger partial charge on any atom is -0.385 e. The number of rotatable bonds is 7. The second-order valence-electron chi connectivity index (χ2n) is 4.76. The van der Waals surface area contributed by atoms with Gasteiger partial charge in [0.1, 0.15) is 6.33 Å². The monoisotopic (exact) mass is 306 g/mol. The molecule has 0 atom stereocenters. The van der Waals surface area contributed by atoms with E-state index in [0.717, 1.165) is 11.4 Å².